The molecular formula is C22H21ClN2O3. The molecule has 0 bridgehead atoms. The molecule has 1 unspecified atom stereocenters. The quantitative estimate of drug-likeness (QED) is 0.564. The van der Waals surface area contributed by atoms with Crippen molar-refractivity contribution in [2.45, 2.75) is 25.6 Å². The smallest absolute Gasteiger partial charge is 0.262 e. The molecule has 5 nitrogen and oxygen atoms in total. The minimum absolute atomic E-state index is 0.0426. The number of amides is 1. The van der Waals surface area contributed by atoms with Crippen LogP contribution < -0.4 is 10.1 Å². The van der Waals surface area contributed by atoms with Gasteiger partial charge in [0.05, 0.1) is 6.10 Å². The zero-order valence-corrected chi connectivity index (χ0v) is 16.1. The van der Waals surface area contributed by atoms with E-state index >= 15 is 0 Å². The summed E-state index contributed by atoms with van der Waals surface area (Å²) in [4.78, 5) is 12.2. The van der Waals surface area contributed by atoms with E-state index in [2.05, 4.69) is 5.32 Å². The summed E-state index contributed by atoms with van der Waals surface area (Å²) in [5.41, 5.74) is 1.83. The lowest BCUT2D eigenvalue weighted by Gasteiger charge is -2.10. The van der Waals surface area contributed by atoms with Crippen molar-refractivity contribution in [3.63, 3.8) is 0 Å². The molecule has 0 aliphatic carbocycles. The van der Waals surface area contributed by atoms with Crippen molar-refractivity contribution in [3.05, 3.63) is 70.3 Å². The van der Waals surface area contributed by atoms with E-state index in [9.17, 15) is 10.1 Å². The molecule has 1 N–H and O–H groups in total. The molecule has 1 fully saturated rings. The third kappa shape index (κ3) is 5.85. The number of hydrogen-bond acceptors (Lipinski definition) is 4. The first-order chi connectivity index (χ1) is 13.6. The van der Waals surface area contributed by atoms with Crippen molar-refractivity contribution < 1.29 is 14.3 Å². The van der Waals surface area contributed by atoms with Crippen molar-refractivity contribution in [1.82, 2.24) is 5.32 Å². The Morgan fingerprint density at radius 1 is 1.25 bits per heavy atom. The van der Waals surface area contributed by atoms with E-state index in [-0.39, 0.29) is 17.6 Å². The van der Waals surface area contributed by atoms with E-state index in [0.29, 0.717) is 23.9 Å². The van der Waals surface area contributed by atoms with E-state index in [1.54, 1.807) is 18.2 Å². The maximum absolute atomic E-state index is 12.2. The van der Waals surface area contributed by atoms with Crippen LogP contribution >= 0.6 is 11.6 Å². The lowest BCUT2D eigenvalue weighted by atomic mass is 10.1. The Bertz CT molecular complexity index is 864. The second-order valence-electron chi connectivity index (χ2n) is 6.50. The molecule has 2 aromatic carbocycles. The van der Waals surface area contributed by atoms with Crippen LogP contribution in [-0.4, -0.2) is 25.2 Å². The third-order valence-electron chi connectivity index (χ3n) is 4.39. The molecule has 3 rings (SSSR count). The van der Waals surface area contributed by atoms with E-state index in [1.165, 1.54) is 0 Å². The first-order valence-corrected chi connectivity index (χ1v) is 9.51. The molecule has 1 aliphatic heterocycles. The Hall–Kier alpha value is -2.81. The second-order valence-corrected chi connectivity index (χ2v) is 6.94. The normalized spacial score (nSPS) is 16.4. The summed E-state index contributed by atoms with van der Waals surface area (Å²) < 4.78 is 11.2. The van der Waals surface area contributed by atoms with Crippen LogP contribution in [0.15, 0.2) is 54.1 Å². The van der Waals surface area contributed by atoms with Crippen LogP contribution in [0.2, 0.25) is 5.02 Å². The number of nitrogens with zero attached hydrogens (tertiary/aromatic N) is 1. The molecule has 0 radical (unpaired) electrons. The summed E-state index contributed by atoms with van der Waals surface area (Å²) in [5, 5.41) is 12.7. The number of carbonyl (C=O) groups is 1. The molecule has 6 heteroatoms. The first kappa shape index (κ1) is 19.9. The van der Waals surface area contributed by atoms with E-state index in [4.69, 9.17) is 21.1 Å². The van der Waals surface area contributed by atoms with Gasteiger partial charge in [-0.15, -0.1) is 0 Å². The van der Waals surface area contributed by atoms with E-state index in [0.717, 1.165) is 30.6 Å². The van der Waals surface area contributed by atoms with Gasteiger partial charge in [0.25, 0.3) is 5.91 Å². The minimum Gasteiger partial charge on any atom is -0.489 e. The highest BCUT2D eigenvalue weighted by atomic mass is 35.5. The minimum atomic E-state index is -0.388. The molecule has 144 valence electrons. The number of hydrogen-bond donors (Lipinski definition) is 1. The summed E-state index contributed by atoms with van der Waals surface area (Å²) in [6.45, 7) is 1.59. The number of rotatable bonds is 7. The van der Waals surface area contributed by atoms with Crippen molar-refractivity contribution in [1.29, 1.82) is 5.26 Å². The molecule has 0 saturated carbocycles. The maximum atomic E-state index is 12.2. The molecule has 1 amide bonds. The molecule has 1 heterocycles. The number of halogens is 1. The SMILES string of the molecule is N#C/C(=C\c1ccc(OCc2ccc(Cl)cc2)cc1)C(=O)NCC1CCCO1. The average Bonchev–Trinajstić information content (AvgIpc) is 3.24. The van der Waals surface area contributed by atoms with Gasteiger partial charge in [0.1, 0.15) is 24.0 Å². The predicted octanol–water partition coefficient (Wildman–Crippen LogP) is 4.12. The summed E-state index contributed by atoms with van der Waals surface area (Å²) in [6, 6.07) is 16.6. The largest absolute Gasteiger partial charge is 0.489 e. The average molecular weight is 397 g/mol. The summed E-state index contributed by atoms with van der Waals surface area (Å²) in [6.07, 6.45) is 3.55. The van der Waals surface area contributed by atoms with Gasteiger partial charge in [-0.2, -0.15) is 5.26 Å². The van der Waals surface area contributed by atoms with Crippen molar-refractivity contribution in [2.24, 2.45) is 0 Å². The van der Waals surface area contributed by atoms with Gasteiger partial charge in [0.15, 0.2) is 0 Å². The highest BCUT2D eigenvalue weighted by Gasteiger charge is 2.17. The van der Waals surface area contributed by atoms with Crippen LogP contribution in [0.4, 0.5) is 0 Å². The fraction of sp³-hybridized carbons (Fsp3) is 0.273. The summed E-state index contributed by atoms with van der Waals surface area (Å²) in [5.74, 6) is 0.314. The fourth-order valence-electron chi connectivity index (χ4n) is 2.83. The third-order valence-corrected chi connectivity index (χ3v) is 4.64. The summed E-state index contributed by atoms with van der Waals surface area (Å²) >= 11 is 5.87. The molecule has 1 aliphatic rings. The Balaban J connectivity index is 1.55. The topological polar surface area (TPSA) is 71.3 Å². The number of benzene rings is 2. The van der Waals surface area contributed by atoms with Gasteiger partial charge in [-0.25, -0.2) is 0 Å². The van der Waals surface area contributed by atoms with Gasteiger partial charge in [0.2, 0.25) is 0 Å². The monoisotopic (exact) mass is 396 g/mol. The van der Waals surface area contributed by atoms with Gasteiger partial charge in [-0.3, -0.25) is 4.79 Å². The summed E-state index contributed by atoms with van der Waals surface area (Å²) in [7, 11) is 0. The van der Waals surface area contributed by atoms with Crippen LogP contribution in [0, 0.1) is 11.3 Å². The number of nitrogens with one attached hydrogen (secondary N) is 1. The lowest BCUT2D eigenvalue weighted by Crippen LogP contribution is -2.32. The zero-order chi connectivity index (χ0) is 19.8. The molecule has 0 aromatic heterocycles. The molecule has 1 saturated heterocycles. The van der Waals surface area contributed by atoms with Gasteiger partial charge < -0.3 is 14.8 Å². The van der Waals surface area contributed by atoms with Gasteiger partial charge in [0, 0.05) is 18.2 Å². The predicted molar refractivity (Wildman–Crippen MR) is 108 cm³/mol. The molecular weight excluding hydrogens is 376 g/mol. The molecule has 2 aromatic rings. The van der Waals surface area contributed by atoms with Crippen LogP contribution in [0.5, 0.6) is 5.75 Å². The maximum Gasteiger partial charge on any atom is 0.262 e. The van der Waals surface area contributed by atoms with Crippen molar-refractivity contribution in [3.8, 4) is 11.8 Å². The van der Waals surface area contributed by atoms with Crippen LogP contribution in [-0.2, 0) is 16.1 Å². The number of nitriles is 1. The van der Waals surface area contributed by atoms with Crippen LogP contribution in [0.1, 0.15) is 24.0 Å². The van der Waals surface area contributed by atoms with Gasteiger partial charge in [-0.05, 0) is 54.3 Å². The Labute approximate surface area is 169 Å². The zero-order valence-electron chi connectivity index (χ0n) is 15.4. The van der Waals surface area contributed by atoms with Gasteiger partial charge in [-0.1, -0.05) is 35.9 Å². The Morgan fingerprint density at radius 2 is 2.00 bits per heavy atom. The Kier molecular flexibility index (Phi) is 7.07. The second kappa shape index (κ2) is 9.93. The van der Waals surface area contributed by atoms with E-state index in [1.807, 2.05) is 42.5 Å². The van der Waals surface area contributed by atoms with Crippen molar-refractivity contribution >= 4 is 23.6 Å². The standard InChI is InChI=1S/C22H21ClN2O3/c23-19-7-3-17(4-8-19)15-28-20-9-5-16(6-10-20)12-18(13-24)22(26)25-14-21-2-1-11-27-21/h3-10,12,21H,1-2,11,14-15H2,(H,25,26)/b18-12+. The number of carbonyl (C=O) groups excluding carboxylic acids is 1. The van der Waals surface area contributed by atoms with Gasteiger partial charge >= 0.3 is 0 Å². The van der Waals surface area contributed by atoms with Crippen LogP contribution in [0.3, 0.4) is 0 Å². The molecule has 0 spiro atoms. The number of ether oxygens (including phenoxy) is 2. The highest BCUT2D eigenvalue weighted by Crippen LogP contribution is 2.17. The molecule has 1 atom stereocenters. The Morgan fingerprint density at radius 3 is 2.64 bits per heavy atom. The van der Waals surface area contributed by atoms with Crippen LogP contribution in [0.25, 0.3) is 6.08 Å². The fourth-order valence-corrected chi connectivity index (χ4v) is 2.96. The van der Waals surface area contributed by atoms with E-state index < -0.39 is 0 Å². The lowest BCUT2D eigenvalue weighted by molar-refractivity contribution is -0.117. The van der Waals surface area contributed by atoms with Crippen molar-refractivity contribution in [2.75, 3.05) is 13.2 Å². The molecule has 28 heavy (non-hydrogen) atoms. The highest BCUT2D eigenvalue weighted by molar-refractivity contribution is 6.30. The first-order valence-electron chi connectivity index (χ1n) is 9.13.